The van der Waals surface area contributed by atoms with Crippen LogP contribution < -0.4 is 10.1 Å². The van der Waals surface area contributed by atoms with Crippen LogP contribution in [0.15, 0.2) is 58.2 Å². The van der Waals surface area contributed by atoms with Gasteiger partial charge in [-0.1, -0.05) is 55.9 Å². The molecule has 2 aromatic carbocycles. The summed E-state index contributed by atoms with van der Waals surface area (Å²) in [7, 11) is 0. The molecule has 1 heterocycles. The lowest BCUT2D eigenvalue weighted by Gasteiger charge is -2.13. The van der Waals surface area contributed by atoms with Gasteiger partial charge in [0.2, 0.25) is 5.91 Å². The summed E-state index contributed by atoms with van der Waals surface area (Å²) >= 11 is 1.20. The number of hydrogen-bond acceptors (Lipinski definition) is 6. The summed E-state index contributed by atoms with van der Waals surface area (Å²) in [6, 6.07) is 15.3. The van der Waals surface area contributed by atoms with Gasteiger partial charge in [-0.25, -0.2) is 0 Å². The van der Waals surface area contributed by atoms with Crippen LogP contribution in [0.5, 0.6) is 5.75 Å². The van der Waals surface area contributed by atoms with Gasteiger partial charge in [-0.3, -0.25) is 4.79 Å². The molecule has 3 rings (SSSR count). The van der Waals surface area contributed by atoms with E-state index in [1.807, 2.05) is 55.5 Å². The van der Waals surface area contributed by atoms with Gasteiger partial charge in [-0.2, -0.15) is 0 Å². The Bertz CT molecular complexity index is 940. The fourth-order valence-corrected chi connectivity index (χ4v) is 3.29. The van der Waals surface area contributed by atoms with Crippen molar-refractivity contribution in [2.24, 2.45) is 0 Å². The molecule has 28 heavy (non-hydrogen) atoms. The summed E-state index contributed by atoms with van der Waals surface area (Å²) < 4.78 is 11.3. The van der Waals surface area contributed by atoms with Gasteiger partial charge in [0.1, 0.15) is 5.75 Å². The van der Waals surface area contributed by atoms with Crippen molar-refractivity contribution in [3.8, 4) is 17.2 Å². The molecule has 0 unspecified atom stereocenters. The van der Waals surface area contributed by atoms with E-state index < -0.39 is 0 Å². The van der Waals surface area contributed by atoms with Gasteiger partial charge in [0, 0.05) is 5.69 Å². The van der Waals surface area contributed by atoms with Crippen LogP contribution in [-0.4, -0.2) is 28.5 Å². The maximum Gasteiger partial charge on any atom is 0.277 e. The number of carbonyl (C=O) groups is 1. The molecule has 0 bridgehead atoms. The Morgan fingerprint density at radius 3 is 2.68 bits per heavy atom. The Morgan fingerprint density at radius 2 is 1.89 bits per heavy atom. The first kappa shape index (κ1) is 19.9. The highest BCUT2D eigenvalue weighted by Gasteiger charge is 2.15. The van der Waals surface area contributed by atoms with E-state index in [-0.39, 0.29) is 11.7 Å². The molecule has 3 aromatic rings. The normalized spacial score (nSPS) is 10.9. The molecule has 0 radical (unpaired) electrons. The average molecular weight is 398 g/mol. The number of hydrogen-bond donors (Lipinski definition) is 1. The minimum absolute atomic E-state index is 0.118. The Labute approximate surface area is 168 Å². The maximum atomic E-state index is 12.3. The molecule has 0 fully saturated rings. The highest BCUT2D eigenvalue weighted by Crippen LogP contribution is 2.31. The van der Waals surface area contributed by atoms with E-state index in [1.54, 1.807) is 0 Å². The SMILES string of the molecule is CCOc1ccccc1-c1nnc(SCC(=O)Nc2ccccc2C(C)C)o1. The van der Waals surface area contributed by atoms with E-state index in [2.05, 4.69) is 29.4 Å². The number of carbonyl (C=O) groups excluding carboxylic acids is 1. The lowest BCUT2D eigenvalue weighted by atomic mass is 10.0. The average Bonchev–Trinajstić information content (AvgIpc) is 3.16. The largest absolute Gasteiger partial charge is 0.493 e. The molecule has 6 nitrogen and oxygen atoms in total. The Balaban J connectivity index is 1.63. The second-order valence-corrected chi connectivity index (χ2v) is 7.31. The van der Waals surface area contributed by atoms with Crippen LogP contribution in [0.1, 0.15) is 32.3 Å². The minimum atomic E-state index is -0.118. The zero-order chi connectivity index (χ0) is 19.9. The van der Waals surface area contributed by atoms with E-state index in [0.717, 1.165) is 16.8 Å². The van der Waals surface area contributed by atoms with E-state index in [0.29, 0.717) is 29.4 Å². The van der Waals surface area contributed by atoms with Crippen LogP contribution in [-0.2, 0) is 4.79 Å². The van der Waals surface area contributed by atoms with Gasteiger partial charge >= 0.3 is 0 Å². The van der Waals surface area contributed by atoms with Crippen LogP contribution >= 0.6 is 11.8 Å². The number of benzene rings is 2. The molecule has 0 saturated heterocycles. The summed E-state index contributed by atoms with van der Waals surface area (Å²) in [5, 5.41) is 11.4. The number of thioether (sulfide) groups is 1. The van der Waals surface area contributed by atoms with Crippen LogP contribution in [0.2, 0.25) is 0 Å². The van der Waals surface area contributed by atoms with Crippen LogP contribution in [0.4, 0.5) is 5.69 Å². The number of nitrogens with one attached hydrogen (secondary N) is 1. The van der Waals surface area contributed by atoms with E-state index in [4.69, 9.17) is 9.15 Å². The first-order valence-electron chi connectivity index (χ1n) is 9.15. The van der Waals surface area contributed by atoms with Gasteiger partial charge in [0.15, 0.2) is 0 Å². The molecule has 0 aliphatic carbocycles. The Morgan fingerprint density at radius 1 is 1.14 bits per heavy atom. The monoisotopic (exact) mass is 397 g/mol. The molecule has 1 N–H and O–H groups in total. The lowest BCUT2D eigenvalue weighted by molar-refractivity contribution is -0.113. The van der Waals surface area contributed by atoms with Crippen LogP contribution in [0.3, 0.4) is 0 Å². The quantitative estimate of drug-likeness (QED) is 0.540. The second-order valence-electron chi connectivity index (χ2n) is 6.38. The van der Waals surface area contributed by atoms with E-state index >= 15 is 0 Å². The number of ether oxygens (including phenoxy) is 1. The van der Waals surface area contributed by atoms with Crippen molar-refractivity contribution in [2.45, 2.75) is 31.9 Å². The number of nitrogens with zero attached hydrogens (tertiary/aromatic N) is 2. The third-order valence-electron chi connectivity index (χ3n) is 4.01. The first-order chi connectivity index (χ1) is 13.6. The fraction of sp³-hybridized carbons (Fsp3) is 0.286. The van der Waals surface area contributed by atoms with Crippen molar-refractivity contribution in [1.82, 2.24) is 10.2 Å². The van der Waals surface area contributed by atoms with Gasteiger partial charge in [0.25, 0.3) is 11.1 Å². The number of para-hydroxylation sites is 2. The fourth-order valence-electron chi connectivity index (χ4n) is 2.73. The van der Waals surface area contributed by atoms with Gasteiger partial charge < -0.3 is 14.5 Å². The van der Waals surface area contributed by atoms with E-state index in [9.17, 15) is 4.79 Å². The number of anilines is 1. The van der Waals surface area contributed by atoms with Crippen LogP contribution in [0, 0.1) is 0 Å². The molecular formula is C21H23N3O3S. The molecule has 0 spiro atoms. The molecule has 7 heteroatoms. The predicted octanol–water partition coefficient (Wildman–Crippen LogP) is 4.99. The van der Waals surface area contributed by atoms with Crippen molar-refractivity contribution in [3.63, 3.8) is 0 Å². The molecule has 146 valence electrons. The zero-order valence-electron chi connectivity index (χ0n) is 16.1. The molecule has 0 aliphatic heterocycles. The first-order valence-corrected chi connectivity index (χ1v) is 10.1. The number of aromatic nitrogens is 2. The van der Waals surface area contributed by atoms with Crippen molar-refractivity contribution in [2.75, 3.05) is 17.7 Å². The van der Waals surface area contributed by atoms with Crippen molar-refractivity contribution < 1.29 is 13.9 Å². The predicted molar refractivity (Wildman–Crippen MR) is 111 cm³/mol. The minimum Gasteiger partial charge on any atom is -0.493 e. The molecule has 0 atom stereocenters. The summed E-state index contributed by atoms with van der Waals surface area (Å²) in [5.74, 6) is 1.45. The summed E-state index contributed by atoms with van der Waals surface area (Å²) in [6.07, 6.45) is 0. The van der Waals surface area contributed by atoms with Crippen molar-refractivity contribution in [3.05, 3.63) is 54.1 Å². The molecule has 0 saturated carbocycles. The van der Waals surface area contributed by atoms with Gasteiger partial charge in [-0.05, 0) is 36.6 Å². The summed E-state index contributed by atoms with van der Waals surface area (Å²) in [6.45, 7) is 6.66. The number of amides is 1. The second kappa shape index (κ2) is 9.41. The Hall–Kier alpha value is -2.80. The summed E-state index contributed by atoms with van der Waals surface area (Å²) in [4.78, 5) is 12.3. The highest BCUT2D eigenvalue weighted by atomic mass is 32.2. The molecular weight excluding hydrogens is 374 g/mol. The van der Waals surface area contributed by atoms with Crippen molar-refractivity contribution in [1.29, 1.82) is 0 Å². The molecule has 0 aliphatic rings. The molecule has 1 amide bonds. The van der Waals surface area contributed by atoms with E-state index in [1.165, 1.54) is 11.8 Å². The number of rotatable bonds is 8. The molecule has 1 aromatic heterocycles. The van der Waals surface area contributed by atoms with Crippen molar-refractivity contribution >= 4 is 23.4 Å². The highest BCUT2D eigenvalue weighted by molar-refractivity contribution is 7.99. The Kier molecular flexibility index (Phi) is 6.71. The lowest BCUT2D eigenvalue weighted by Crippen LogP contribution is -2.15. The summed E-state index contributed by atoms with van der Waals surface area (Å²) in [5.41, 5.74) is 2.67. The van der Waals surface area contributed by atoms with Gasteiger partial charge in [0.05, 0.1) is 17.9 Å². The third kappa shape index (κ3) is 4.92. The zero-order valence-corrected chi connectivity index (χ0v) is 17.0. The third-order valence-corrected chi connectivity index (χ3v) is 4.83. The van der Waals surface area contributed by atoms with Gasteiger partial charge in [-0.15, -0.1) is 10.2 Å². The standard InChI is InChI=1S/C21H23N3O3S/c1-4-26-18-12-8-6-10-16(18)20-23-24-21(27-20)28-13-19(25)22-17-11-7-5-9-15(17)14(2)3/h5-12,14H,4,13H2,1-3H3,(H,22,25). The van der Waals surface area contributed by atoms with Crippen LogP contribution in [0.25, 0.3) is 11.5 Å². The topological polar surface area (TPSA) is 77.2 Å². The maximum absolute atomic E-state index is 12.3. The smallest absolute Gasteiger partial charge is 0.277 e.